The number of hydrogen-bond acceptors (Lipinski definition) is 2. The number of benzene rings is 3. The summed E-state index contributed by atoms with van der Waals surface area (Å²) < 4.78 is 0. The Balaban J connectivity index is 1.99. The summed E-state index contributed by atoms with van der Waals surface area (Å²) in [5.41, 5.74) is 9.98. The normalized spacial score (nSPS) is 11.2. The van der Waals surface area contributed by atoms with Gasteiger partial charge in [-0.15, -0.1) is 0 Å². The lowest BCUT2D eigenvalue weighted by atomic mass is 10.0. The van der Waals surface area contributed by atoms with Crippen molar-refractivity contribution in [1.82, 2.24) is 0 Å². The number of nitrogens with zero attached hydrogens (tertiary/aromatic N) is 1. The lowest BCUT2D eigenvalue weighted by molar-refractivity contribution is -0.116. The molecule has 3 rings (SSSR count). The van der Waals surface area contributed by atoms with Crippen LogP contribution >= 0.6 is 0 Å². The van der Waals surface area contributed by atoms with E-state index in [4.69, 9.17) is 5.73 Å². The van der Waals surface area contributed by atoms with E-state index in [-0.39, 0.29) is 6.42 Å². The molecule has 0 radical (unpaired) electrons. The second-order valence-electron chi connectivity index (χ2n) is 5.48. The summed E-state index contributed by atoms with van der Waals surface area (Å²) >= 11 is 0. The lowest BCUT2D eigenvalue weighted by Crippen LogP contribution is -2.16. The highest BCUT2D eigenvalue weighted by Gasteiger charge is 2.08. The van der Waals surface area contributed by atoms with Gasteiger partial charge in [0.1, 0.15) is 0 Å². The molecular formula is C21H18N2O. The first kappa shape index (κ1) is 15.7. The van der Waals surface area contributed by atoms with Crippen LogP contribution in [0.5, 0.6) is 0 Å². The average Bonchev–Trinajstić information content (AvgIpc) is 2.62. The highest BCUT2D eigenvalue weighted by Crippen LogP contribution is 2.24. The number of hydrogen-bond donors (Lipinski definition) is 1. The van der Waals surface area contributed by atoms with Crippen molar-refractivity contribution >= 4 is 17.3 Å². The predicted molar refractivity (Wildman–Crippen MR) is 98.3 cm³/mol. The first-order chi connectivity index (χ1) is 11.7. The van der Waals surface area contributed by atoms with Crippen molar-refractivity contribution in [2.75, 3.05) is 0 Å². The van der Waals surface area contributed by atoms with Crippen molar-refractivity contribution in [2.45, 2.75) is 6.42 Å². The molecule has 0 bridgehead atoms. The number of carbonyl (C=O) groups is 1. The molecule has 0 saturated heterocycles. The van der Waals surface area contributed by atoms with Gasteiger partial charge in [-0.3, -0.25) is 9.79 Å². The lowest BCUT2D eigenvalue weighted by Gasteiger charge is -2.07. The van der Waals surface area contributed by atoms with Crippen LogP contribution in [0.2, 0.25) is 0 Å². The second-order valence-corrected chi connectivity index (χ2v) is 5.48. The van der Waals surface area contributed by atoms with Crippen LogP contribution in [0.25, 0.3) is 11.1 Å². The molecule has 0 atom stereocenters. The van der Waals surface area contributed by atoms with Crippen LogP contribution < -0.4 is 5.73 Å². The zero-order valence-electron chi connectivity index (χ0n) is 13.2. The van der Waals surface area contributed by atoms with Crippen molar-refractivity contribution in [3.63, 3.8) is 0 Å². The van der Waals surface area contributed by atoms with Crippen molar-refractivity contribution in [3.05, 3.63) is 90.5 Å². The van der Waals surface area contributed by atoms with Gasteiger partial charge in [0.25, 0.3) is 0 Å². The Morgan fingerprint density at radius 1 is 0.792 bits per heavy atom. The molecule has 3 aromatic carbocycles. The molecule has 2 N–H and O–H groups in total. The van der Waals surface area contributed by atoms with Crippen molar-refractivity contribution in [1.29, 1.82) is 0 Å². The van der Waals surface area contributed by atoms with Crippen LogP contribution in [0, 0.1) is 0 Å². The molecule has 0 aliphatic rings. The molecule has 0 saturated carbocycles. The molecule has 0 unspecified atom stereocenters. The Morgan fingerprint density at radius 3 is 2.08 bits per heavy atom. The summed E-state index contributed by atoms with van der Waals surface area (Å²) in [6.45, 7) is 0. The molecule has 0 heterocycles. The quantitative estimate of drug-likeness (QED) is 0.699. The van der Waals surface area contributed by atoms with Gasteiger partial charge in [0.15, 0.2) is 0 Å². The van der Waals surface area contributed by atoms with Crippen LogP contribution in [0.4, 0.5) is 5.69 Å². The third-order valence-electron chi connectivity index (χ3n) is 3.67. The summed E-state index contributed by atoms with van der Waals surface area (Å²) in [5.74, 6) is -0.392. The van der Waals surface area contributed by atoms with E-state index in [9.17, 15) is 4.79 Å². The molecule has 1 amide bonds. The zero-order chi connectivity index (χ0) is 16.8. The summed E-state index contributed by atoms with van der Waals surface area (Å²) in [6.07, 6.45) is 0.111. The summed E-state index contributed by atoms with van der Waals surface area (Å²) in [4.78, 5) is 16.1. The Hall–Kier alpha value is -3.20. The monoisotopic (exact) mass is 314 g/mol. The first-order valence-corrected chi connectivity index (χ1v) is 7.79. The Bertz CT molecular complexity index is 855. The number of aliphatic imine (C=N–C) groups is 1. The van der Waals surface area contributed by atoms with E-state index < -0.39 is 5.91 Å². The van der Waals surface area contributed by atoms with Crippen molar-refractivity contribution in [3.8, 4) is 11.1 Å². The maximum absolute atomic E-state index is 11.4. The molecule has 24 heavy (non-hydrogen) atoms. The van der Waals surface area contributed by atoms with Crippen LogP contribution in [0.15, 0.2) is 89.9 Å². The Kier molecular flexibility index (Phi) is 4.82. The standard InChI is InChI=1S/C21H18N2O/c22-21(24)15-20(17-10-5-2-6-11-17)23-19-13-7-12-18(14-19)16-8-3-1-4-9-16/h1-14H,15H2,(H2,22,24). The Morgan fingerprint density at radius 2 is 1.42 bits per heavy atom. The van der Waals surface area contributed by atoms with Crippen molar-refractivity contribution in [2.24, 2.45) is 10.7 Å². The van der Waals surface area contributed by atoms with Gasteiger partial charge in [-0.2, -0.15) is 0 Å². The van der Waals surface area contributed by atoms with Crippen LogP contribution in [0.3, 0.4) is 0 Å². The third kappa shape index (κ3) is 3.96. The minimum atomic E-state index is -0.392. The summed E-state index contributed by atoms with van der Waals surface area (Å²) in [6, 6.07) is 27.7. The highest BCUT2D eigenvalue weighted by molar-refractivity contribution is 6.11. The van der Waals surface area contributed by atoms with Gasteiger partial charge in [-0.1, -0.05) is 72.8 Å². The van der Waals surface area contributed by atoms with E-state index in [1.165, 1.54) is 0 Å². The van der Waals surface area contributed by atoms with Gasteiger partial charge in [-0.05, 0) is 28.8 Å². The molecule has 0 aromatic heterocycles. The highest BCUT2D eigenvalue weighted by atomic mass is 16.1. The minimum absolute atomic E-state index is 0.111. The van der Waals surface area contributed by atoms with E-state index >= 15 is 0 Å². The van der Waals surface area contributed by atoms with E-state index in [0.717, 1.165) is 22.4 Å². The number of carbonyl (C=O) groups excluding carboxylic acids is 1. The number of amides is 1. The van der Waals surface area contributed by atoms with Gasteiger partial charge >= 0.3 is 0 Å². The van der Waals surface area contributed by atoms with E-state index in [0.29, 0.717) is 5.71 Å². The topological polar surface area (TPSA) is 55.5 Å². The molecular weight excluding hydrogens is 296 g/mol. The summed E-state index contributed by atoms with van der Waals surface area (Å²) in [5, 5.41) is 0. The fraction of sp³-hybridized carbons (Fsp3) is 0.0476. The fourth-order valence-corrected chi connectivity index (χ4v) is 2.54. The molecule has 0 spiro atoms. The molecule has 3 heteroatoms. The maximum Gasteiger partial charge on any atom is 0.223 e. The average molecular weight is 314 g/mol. The molecule has 3 aromatic rings. The minimum Gasteiger partial charge on any atom is -0.369 e. The van der Waals surface area contributed by atoms with Gasteiger partial charge in [-0.25, -0.2) is 0 Å². The third-order valence-corrected chi connectivity index (χ3v) is 3.67. The molecule has 0 aliphatic carbocycles. The van der Waals surface area contributed by atoms with Crippen LogP contribution in [0.1, 0.15) is 12.0 Å². The molecule has 0 fully saturated rings. The maximum atomic E-state index is 11.4. The predicted octanol–water partition coefficient (Wildman–Crippen LogP) is 4.35. The Labute approximate surface area is 141 Å². The fourth-order valence-electron chi connectivity index (χ4n) is 2.54. The second kappa shape index (κ2) is 7.38. The van der Waals surface area contributed by atoms with Gasteiger partial charge in [0.05, 0.1) is 17.8 Å². The first-order valence-electron chi connectivity index (χ1n) is 7.79. The van der Waals surface area contributed by atoms with E-state index in [2.05, 4.69) is 17.1 Å². The van der Waals surface area contributed by atoms with Gasteiger partial charge in [0.2, 0.25) is 5.91 Å². The number of primary amides is 1. The molecule has 3 nitrogen and oxygen atoms in total. The van der Waals surface area contributed by atoms with E-state index in [1.54, 1.807) is 0 Å². The van der Waals surface area contributed by atoms with Gasteiger partial charge < -0.3 is 5.73 Å². The van der Waals surface area contributed by atoms with Crippen LogP contribution in [-0.4, -0.2) is 11.6 Å². The largest absolute Gasteiger partial charge is 0.369 e. The summed E-state index contributed by atoms with van der Waals surface area (Å²) in [7, 11) is 0. The van der Waals surface area contributed by atoms with Crippen molar-refractivity contribution < 1.29 is 4.79 Å². The van der Waals surface area contributed by atoms with Crippen LogP contribution in [-0.2, 0) is 4.79 Å². The molecule has 118 valence electrons. The van der Waals surface area contributed by atoms with Gasteiger partial charge in [0, 0.05) is 0 Å². The smallest absolute Gasteiger partial charge is 0.223 e. The molecule has 0 aliphatic heterocycles. The number of nitrogens with two attached hydrogens (primary N) is 1. The zero-order valence-corrected chi connectivity index (χ0v) is 13.2. The SMILES string of the molecule is NC(=O)CC(=Nc1cccc(-c2ccccc2)c1)c1ccccc1. The van der Waals surface area contributed by atoms with E-state index in [1.807, 2.05) is 72.8 Å². The number of rotatable bonds is 5.